The molecule has 0 saturated heterocycles. The molecule has 0 unspecified atom stereocenters. The number of amides is 1. The van der Waals surface area contributed by atoms with Crippen LogP contribution in [0.25, 0.3) is 16.7 Å². The predicted octanol–water partition coefficient (Wildman–Crippen LogP) is 5.53. The molecule has 4 rings (SSSR count). The van der Waals surface area contributed by atoms with E-state index < -0.39 is 0 Å². The first-order valence-electron chi connectivity index (χ1n) is 10.3. The van der Waals surface area contributed by atoms with Gasteiger partial charge < -0.3 is 5.32 Å². The zero-order chi connectivity index (χ0) is 22.1. The number of aromatic nitrogens is 3. The van der Waals surface area contributed by atoms with E-state index in [1.54, 1.807) is 4.68 Å². The molecule has 0 aliphatic carbocycles. The number of halogens is 1. The molecule has 0 spiro atoms. The van der Waals surface area contributed by atoms with Gasteiger partial charge in [0.2, 0.25) is 0 Å². The van der Waals surface area contributed by atoms with Crippen LogP contribution in [0.15, 0.2) is 54.6 Å². The van der Waals surface area contributed by atoms with Crippen LogP contribution in [0.2, 0.25) is 5.02 Å². The summed E-state index contributed by atoms with van der Waals surface area (Å²) in [6, 6.07) is 17.7. The summed E-state index contributed by atoms with van der Waals surface area (Å²) in [6.45, 7) is 8.40. The average Bonchev–Trinajstić information content (AvgIpc) is 3.09. The summed E-state index contributed by atoms with van der Waals surface area (Å²) in [5.41, 5.74) is 5.72. The van der Waals surface area contributed by atoms with Crippen molar-refractivity contribution in [2.75, 3.05) is 6.54 Å². The van der Waals surface area contributed by atoms with Crippen LogP contribution >= 0.6 is 11.6 Å². The Hall–Kier alpha value is -3.18. The summed E-state index contributed by atoms with van der Waals surface area (Å²) in [7, 11) is 0. The van der Waals surface area contributed by atoms with Crippen LogP contribution in [0.1, 0.15) is 45.7 Å². The number of pyridine rings is 1. The maximum atomic E-state index is 13.2. The Bertz CT molecular complexity index is 1260. The Morgan fingerprint density at radius 2 is 1.84 bits per heavy atom. The Balaban J connectivity index is 1.71. The van der Waals surface area contributed by atoms with Crippen molar-refractivity contribution in [3.8, 4) is 5.69 Å². The number of carbonyl (C=O) groups is 1. The van der Waals surface area contributed by atoms with Gasteiger partial charge in [-0.15, -0.1) is 0 Å². The van der Waals surface area contributed by atoms with Crippen molar-refractivity contribution in [3.05, 3.63) is 87.7 Å². The van der Waals surface area contributed by atoms with Gasteiger partial charge in [-0.05, 0) is 56.0 Å². The molecular weight excluding hydrogens is 408 g/mol. The molecule has 2 aromatic carbocycles. The number of nitrogens with zero attached hydrogens (tertiary/aromatic N) is 3. The van der Waals surface area contributed by atoms with E-state index in [9.17, 15) is 4.79 Å². The molecule has 4 aromatic rings. The zero-order valence-electron chi connectivity index (χ0n) is 18.1. The Labute approximate surface area is 187 Å². The second-order valence-electron chi connectivity index (χ2n) is 7.91. The third kappa shape index (κ3) is 4.06. The minimum Gasteiger partial charge on any atom is -0.351 e. The zero-order valence-corrected chi connectivity index (χ0v) is 18.9. The minimum atomic E-state index is -0.122. The van der Waals surface area contributed by atoms with Gasteiger partial charge in [-0.3, -0.25) is 4.79 Å². The van der Waals surface area contributed by atoms with E-state index in [1.807, 2.05) is 63.2 Å². The minimum absolute atomic E-state index is 0.122. The summed E-state index contributed by atoms with van der Waals surface area (Å²) in [4.78, 5) is 17.9. The maximum Gasteiger partial charge on any atom is 0.252 e. The third-order valence-electron chi connectivity index (χ3n) is 5.59. The van der Waals surface area contributed by atoms with Gasteiger partial charge in [0.05, 0.1) is 22.3 Å². The molecule has 2 aromatic heterocycles. The highest BCUT2D eigenvalue weighted by Crippen LogP contribution is 2.28. The van der Waals surface area contributed by atoms with Crippen molar-refractivity contribution in [2.24, 2.45) is 0 Å². The maximum absolute atomic E-state index is 13.2. The lowest BCUT2D eigenvalue weighted by Crippen LogP contribution is -2.28. The summed E-state index contributed by atoms with van der Waals surface area (Å²) >= 11 is 6.33. The molecule has 158 valence electrons. The molecule has 0 aliphatic heterocycles. The van der Waals surface area contributed by atoms with E-state index in [-0.39, 0.29) is 11.8 Å². The third-order valence-corrected chi connectivity index (χ3v) is 6.00. The van der Waals surface area contributed by atoms with Crippen LogP contribution in [0.4, 0.5) is 0 Å². The second-order valence-corrected chi connectivity index (χ2v) is 8.32. The summed E-state index contributed by atoms with van der Waals surface area (Å²) in [6.07, 6.45) is 0. The summed E-state index contributed by atoms with van der Waals surface area (Å²) in [5.74, 6) is 0.0882. The van der Waals surface area contributed by atoms with Gasteiger partial charge in [-0.25, -0.2) is 9.67 Å². The SMILES string of the molecule is Cc1cc(C(=O)NC[C@H](C)c2ccccc2)c2c(C)nn(-c3cccc(Cl)c3C)c2n1. The smallest absolute Gasteiger partial charge is 0.252 e. The molecule has 1 amide bonds. The highest BCUT2D eigenvalue weighted by molar-refractivity contribution is 6.31. The van der Waals surface area contributed by atoms with Crippen LogP contribution in [0, 0.1) is 20.8 Å². The monoisotopic (exact) mass is 432 g/mol. The number of hydrogen-bond acceptors (Lipinski definition) is 3. The van der Waals surface area contributed by atoms with Crippen molar-refractivity contribution >= 4 is 28.5 Å². The number of fused-ring (bicyclic) bond motifs is 1. The molecule has 0 fully saturated rings. The van der Waals surface area contributed by atoms with Crippen molar-refractivity contribution < 1.29 is 4.79 Å². The predicted molar refractivity (Wildman–Crippen MR) is 125 cm³/mol. The fourth-order valence-corrected chi connectivity index (χ4v) is 4.00. The highest BCUT2D eigenvalue weighted by atomic mass is 35.5. The van der Waals surface area contributed by atoms with E-state index in [0.29, 0.717) is 22.8 Å². The molecule has 1 N–H and O–H groups in total. The molecule has 31 heavy (non-hydrogen) atoms. The topological polar surface area (TPSA) is 59.8 Å². The molecule has 6 heteroatoms. The molecule has 0 aliphatic rings. The first-order chi connectivity index (χ1) is 14.9. The Kier molecular flexibility index (Phi) is 5.79. The van der Waals surface area contributed by atoms with Crippen LogP contribution in [0.5, 0.6) is 0 Å². The lowest BCUT2D eigenvalue weighted by molar-refractivity contribution is 0.0953. The average molecular weight is 433 g/mol. The van der Waals surface area contributed by atoms with Crippen LogP contribution in [0.3, 0.4) is 0 Å². The number of nitrogens with one attached hydrogen (secondary N) is 1. The largest absolute Gasteiger partial charge is 0.351 e. The number of rotatable bonds is 5. The molecule has 0 saturated carbocycles. The van der Waals surface area contributed by atoms with Gasteiger partial charge in [0.15, 0.2) is 5.65 Å². The lowest BCUT2D eigenvalue weighted by atomic mass is 10.0. The van der Waals surface area contributed by atoms with Crippen LogP contribution < -0.4 is 5.32 Å². The standard InChI is InChI=1S/C25H25ClN4O/c1-15(19-9-6-5-7-10-19)14-27-25(31)20-13-16(2)28-24-23(20)18(4)29-30(24)22-12-8-11-21(26)17(22)3/h5-13,15H,14H2,1-4H3,(H,27,31)/t15-/m0/s1. The van der Waals surface area contributed by atoms with E-state index in [1.165, 1.54) is 5.56 Å². The molecule has 2 heterocycles. The van der Waals surface area contributed by atoms with E-state index in [0.717, 1.165) is 28.0 Å². The molecule has 0 bridgehead atoms. The number of hydrogen-bond donors (Lipinski definition) is 1. The van der Waals surface area contributed by atoms with Crippen molar-refractivity contribution in [1.29, 1.82) is 0 Å². The molecule has 1 atom stereocenters. The van der Waals surface area contributed by atoms with Crippen molar-refractivity contribution in [1.82, 2.24) is 20.1 Å². The van der Waals surface area contributed by atoms with Gasteiger partial charge in [0.25, 0.3) is 5.91 Å². The Morgan fingerprint density at radius 3 is 2.58 bits per heavy atom. The van der Waals surface area contributed by atoms with Crippen LogP contribution in [-0.4, -0.2) is 27.2 Å². The summed E-state index contributed by atoms with van der Waals surface area (Å²) < 4.78 is 1.78. The van der Waals surface area contributed by atoms with E-state index in [2.05, 4.69) is 24.4 Å². The van der Waals surface area contributed by atoms with Crippen molar-refractivity contribution in [3.63, 3.8) is 0 Å². The first-order valence-corrected chi connectivity index (χ1v) is 10.7. The second kappa shape index (κ2) is 8.52. The van der Waals surface area contributed by atoms with E-state index >= 15 is 0 Å². The highest BCUT2D eigenvalue weighted by Gasteiger charge is 2.21. The number of aryl methyl sites for hydroxylation is 2. The summed E-state index contributed by atoms with van der Waals surface area (Å²) in [5, 5.41) is 9.22. The van der Waals surface area contributed by atoms with Gasteiger partial charge >= 0.3 is 0 Å². The number of benzene rings is 2. The normalized spacial score (nSPS) is 12.2. The molecular formula is C25H25ClN4O. The van der Waals surface area contributed by atoms with Gasteiger partial charge in [0.1, 0.15) is 0 Å². The van der Waals surface area contributed by atoms with Crippen LogP contribution in [-0.2, 0) is 0 Å². The van der Waals surface area contributed by atoms with Gasteiger partial charge in [-0.1, -0.05) is 54.9 Å². The van der Waals surface area contributed by atoms with Gasteiger partial charge in [-0.2, -0.15) is 5.10 Å². The fraction of sp³-hybridized carbons (Fsp3) is 0.240. The molecule has 0 radical (unpaired) electrons. The quantitative estimate of drug-likeness (QED) is 0.451. The van der Waals surface area contributed by atoms with Gasteiger partial charge in [0, 0.05) is 17.3 Å². The Morgan fingerprint density at radius 1 is 1.10 bits per heavy atom. The lowest BCUT2D eigenvalue weighted by Gasteiger charge is -2.14. The number of carbonyl (C=O) groups excluding carboxylic acids is 1. The van der Waals surface area contributed by atoms with Crippen molar-refractivity contribution in [2.45, 2.75) is 33.6 Å². The molecule has 5 nitrogen and oxygen atoms in total. The first kappa shape index (κ1) is 21.1. The fourth-order valence-electron chi connectivity index (χ4n) is 3.83. The van der Waals surface area contributed by atoms with E-state index in [4.69, 9.17) is 21.7 Å².